The number of benzene rings is 2. The maximum absolute atomic E-state index is 16.8. The zero-order valence-electron chi connectivity index (χ0n) is 23.7. The Morgan fingerprint density at radius 3 is 2.49 bits per heavy atom. The number of carbonyl (C=O) groups is 1. The van der Waals surface area contributed by atoms with E-state index in [0.29, 0.717) is 29.3 Å². The molecule has 2 fully saturated rings. The van der Waals surface area contributed by atoms with Crippen LogP contribution in [0.5, 0.6) is 0 Å². The van der Waals surface area contributed by atoms with E-state index in [1.165, 1.54) is 23.4 Å². The molecule has 43 heavy (non-hydrogen) atoms. The van der Waals surface area contributed by atoms with Crippen LogP contribution in [-0.4, -0.2) is 64.1 Å². The van der Waals surface area contributed by atoms with E-state index in [1.807, 2.05) is 0 Å². The monoisotopic (exact) mass is 614 g/mol. The number of hydrogen-bond acceptors (Lipinski definition) is 8. The second-order valence-electron chi connectivity index (χ2n) is 11.3. The third-order valence-electron chi connectivity index (χ3n) is 8.79. The molecule has 6 rings (SSSR count). The molecule has 3 aliphatic rings. The first-order chi connectivity index (χ1) is 20.6. The molecule has 0 bridgehead atoms. The zero-order chi connectivity index (χ0) is 30.4. The number of anilines is 1. The minimum absolute atomic E-state index is 0.0243. The summed E-state index contributed by atoms with van der Waals surface area (Å²) in [6, 6.07) is 9.12. The Morgan fingerprint density at radius 1 is 1.16 bits per heavy atom. The van der Waals surface area contributed by atoms with Crippen LogP contribution in [0.4, 0.5) is 14.5 Å². The van der Waals surface area contributed by atoms with Gasteiger partial charge in [0.1, 0.15) is 22.9 Å². The SMILES string of the molecule is CC[C@@](O)(c1cc(F)c2c(c1)C(=O)N(Cc1ncc(N)cn1)[C@@]2(O[C@H]1CCOC1)c1ccc(Cl)cc1)C1(F)CCOCC1. The Kier molecular flexibility index (Phi) is 7.89. The second kappa shape index (κ2) is 11.4. The van der Waals surface area contributed by atoms with Gasteiger partial charge in [-0.15, -0.1) is 0 Å². The predicted molar refractivity (Wildman–Crippen MR) is 153 cm³/mol. The third kappa shape index (κ3) is 4.97. The van der Waals surface area contributed by atoms with Crippen LogP contribution in [0.15, 0.2) is 48.8 Å². The van der Waals surface area contributed by atoms with Crippen LogP contribution in [0.3, 0.4) is 0 Å². The Morgan fingerprint density at radius 2 is 1.86 bits per heavy atom. The quantitative estimate of drug-likeness (QED) is 0.377. The number of hydrogen-bond donors (Lipinski definition) is 2. The van der Waals surface area contributed by atoms with Crippen LogP contribution in [0, 0.1) is 5.82 Å². The van der Waals surface area contributed by atoms with Gasteiger partial charge in [0.05, 0.1) is 48.5 Å². The minimum Gasteiger partial charge on any atom is -0.396 e. The van der Waals surface area contributed by atoms with Gasteiger partial charge in [0.2, 0.25) is 5.72 Å². The molecular formula is C31H33ClF2N4O5. The highest BCUT2D eigenvalue weighted by molar-refractivity contribution is 6.30. The summed E-state index contributed by atoms with van der Waals surface area (Å²) in [5.41, 5.74) is 0.519. The maximum atomic E-state index is 16.8. The van der Waals surface area contributed by atoms with E-state index in [2.05, 4.69) is 9.97 Å². The molecule has 3 aromatic rings. The maximum Gasteiger partial charge on any atom is 0.257 e. The summed E-state index contributed by atoms with van der Waals surface area (Å²) in [5.74, 6) is -1.17. The van der Waals surface area contributed by atoms with E-state index < -0.39 is 34.8 Å². The smallest absolute Gasteiger partial charge is 0.257 e. The standard InChI is InChI=1S/C31H33ClF2N4O5/c1-2-30(40,29(34)8-11-41-12-9-29)20-13-24-27(25(33)14-20)31(43-23-7-10-42-18-23,19-3-5-21(32)6-4-19)38(28(24)39)17-26-36-15-22(35)16-37-26/h3-6,13-16,23,40H,2,7-12,17-18,35H2,1H3/t23-,30+,31+/m0/s1. The highest BCUT2D eigenvalue weighted by Gasteiger charge is 2.58. The van der Waals surface area contributed by atoms with Crippen LogP contribution in [0.1, 0.15) is 65.5 Å². The molecule has 0 aliphatic carbocycles. The normalized spacial score (nSPS) is 24.6. The number of alkyl halides is 1. The van der Waals surface area contributed by atoms with Crippen molar-refractivity contribution in [3.63, 3.8) is 0 Å². The lowest BCUT2D eigenvalue weighted by atomic mass is 9.72. The van der Waals surface area contributed by atoms with Gasteiger partial charge in [-0.3, -0.25) is 9.69 Å². The fourth-order valence-electron chi connectivity index (χ4n) is 6.45. The fourth-order valence-corrected chi connectivity index (χ4v) is 6.58. The highest BCUT2D eigenvalue weighted by atomic mass is 35.5. The van der Waals surface area contributed by atoms with Crippen molar-refractivity contribution in [1.82, 2.24) is 14.9 Å². The molecule has 4 heterocycles. The molecule has 0 spiro atoms. The van der Waals surface area contributed by atoms with Crippen molar-refractivity contribution >= 4 is 23.2 Å². The highest BCUT2D eigenvalue weighted by Crippen LogP contribution is 2.52. The van der Waals surface area contributed by atoms with E-state index in [0.717, 1.165) is 6.07 Å². The average molecular weight is 615 g/mol. The first kappa shape index (κ1) is 29.8. The molecule has 2 saturated heterocycles. The Labute approximate surface area is 252 Å². The lowest BCUT2D eigenvalue weighted by Crippen LogP contribution is -2.51. The van der Waals surface area contributed by atoms with Gasteiger partial charge in [-0.25, -0.2) is 18.7 Å². The zero-order valence-corrected chi connectivity index (χ0v) is 24.4. The van der Waals surface area contributed by atoms with E-state index in [1.54, 1.807) is 31.2 Å². The summed E-state index contributed by atoms with van der Waals surface area (Å²) < 4.78 is 50.8. The molecular weight excluding hydrogens is 582 g/mol. The van der Waals surface area contributed by atoms with Crippen molar-refractivity contribution < 1.29 is 32.9 Å². The number of nitrogen functional groups attached to an aromatic ring is 1. The van der Waals surface area contributed by atoms with Gasteiger partial charge in [-0.2, -0.15) is 0 Å². The molecule has 1 aromatic heterocycles. The molecule has 3 N–H and O–H groups in total. The molecule has 9 nitrogen and oxygen atoms in total. The van der Waals surface area contributed by atoms with Crippen molar-refractivity contribution in [2.24, 2.45) is 0 Å². The van der Waals surface area contributed by atoms with Crippen LogP contribution < -0.4 is 5.73 Å². The summed E-state index contributed by atoms with van der Waals surface area (Å²) in [7, 11) is 0. The molecule has 0 radical (unpaired) electrons. The molecule has 0 unspecified atom stereocenters. The topological polar surface area (TPSA) is 120 Å². The Balaban J connectivity index is 1.57. The largest absolute Gasteiger partial charge is 0.396 e. The van der Waals surface area contributed by atoms with Gasteiger partial charge in [-0.05, 0) is 42.7 Å². The second-order valence-corrected chi connectivity index (χ2v) is 11.7. The van der Waals surface area contributed by atoms with E-state index >= 15 is 8.78 Å². The summed E-state index contributed by atoms with van der Waals surface area (Å²) in [6.45, 7) is 2.40. The fraction of sp³-hybridized carbons (Fsp3) is 0.452. The van der Waals surface area contributed by atoms with Crippen molar-refractivity contribution in [3.05, 3.63) is 87.7 Å². The number of amides is 1. The van der Waals surface area contributed by atoms with Crippen LogP contribution >= 0.6 is 11.6 Å². The van der Waals surface area contributed by atoms with E-state index in [-0.39, 0.29) is 68.1 Å². The van der Waals surface area contributed by atoms with E-state index in [4.69, 9.17) is 31.5 Å². The van der Waals surface area contributed by atoms with Crippen molar-refractivity contribution in [2.75, 3.05) is 32.2 Å². The molecule has 3 atom stereocenters. The van der Waals surface area contributed by atoms with Crippen LogP contribution in [0.2, 0.25) is 5.02 Å². The van der Waals surface area contributed by atoms with E-state index in [9.17, 15) is 9.90 Å². The molecule has 3 aliphatic heterocycles. The van der Waals surface area contributed by atoms with Crippen LogP contribution in [-0.2, 0) is 32.1 Å². The number of fused-ring (bicyclic) bond motifs is 1. The number of carbonyl (C=O) groups excluding carboxylic acids is 1. The van der Waals surface area contributed by atoms with Gasteiger partial charge in [0.15, 0.2) is 0 Å². The number of aliphatic hydroxyl groups is 1. The number of halogens is 3. The Hall–Kier alpha value is -3.22. The third-order valence-corrected chi connectivity index (χ3v) is 9.04. The van der Waals surface area contributed by atoms with Gasteiger partial charge in [0, 0.05) is 43.2 Å². The predicted octanol–water partition coefficient (Wildman–Crippen LogP) is 4.63. The minimum atomic E-state index is -2.08. The first-order valence-electron chi connectivity index (χ1n) is 14.3. The summed E-state index contributed by atoms with van der Waals surface area (Å²) in [5, 5.41) is 12.3. The van der Waals surface area contributed by atoms with Crippen molar-refractivity contribution in [1.29, 1.82) is 0 Å². The molecule has 228 valence electrons. The van der Waals surface area contributed by atoms with Crippen molar-refractivity contribution in [2.45, 2.75) is 62.3 Å². The average Bonchev–Trinajstić information content (AvgIpc) is 3.60. The number of rotatable bonds is 8. The summed E-state index contributed by atoms with van der Waals surface area (Å²) >= 11 is 6.23. The van der Waals surface area contributed by atoms with Gasteiger partial charge in [-0.1, -0.05) is 30.7 Å². The lowest BCUT2D eigenvalue weighted by Gasteiger charge is -2.44. The number of aromatic nitrogens is 2. The van der Waals surface area contributed by atoms with Crippen molar-refractivity contribution in [3.8, 4) is 0 Å². The Bertz CT molecular complexity index is 1500. The number of nitrogens with zero attached hydrogens (tertiary/aromatic N) is 3. The number of nitrogens with two attached hydrogens (primary N) is 1. The number of ether oxygens (including phenoxy) is 3. The summed E-state index contributed by atoms with van der Waals surface area (Å²) in [6.07, 6.45) is 2.70. The van der Waals surface area contributed by atoms with Crippen LogP contribution in [0.25, 0.3) is 0 Å². The first-order valence-corrected chi connectivity index (χ1v) is 14.7. The molecule has 12 heteroatoms. The molecule has 2 aromatic carbocycles. The van der Waals surface area contributed by atoms with Gasteiger partial charge >= 0.3 is 0 Å². The summed E-state index contributed by atoms with van der Waals surface area (Å²) in [4.78, 5) is 24.3. The molecule has 1 amide bonds. The lowest BCUT2D eigenvalue weighted by molar-refractivity contribution is -0.155. The van der Waals surface area contributed by atoms with Gasteiger partial charge in [0.25, 0.3) is 5.91 Å². The van der Waals surface area contributed by atoms with Gasteiger partial charge < -0.3 is 25.1 Å². The molecule has 0 saturated carbocycles.